The Balaban J connectivity index is 1.83. The van der Waals surface area contributed by atoms with E-state index < -0.39 is 6.10 Å². The van der Waals surface area contributed by atoms with Crippen LogP contribution in [0.4, 0.5) is 0 Å². The van der Waals surface area contributed by atoms with E-state index in [0.29, 0.717) is 38.7 Å². The second-order valence-corrected chi connectivity index (χ2v) is 5.00. The van der Waals surface area contributed by atoms with Crippen LogP contribution < -0.4 is 0 Å². The summed E-state index contributed by atoms with van der Waals surface area (Å²) in [6, 6.07) is 0. The Labute approximate surface area is 123 Å². The topological polar surface area (TPSA) is 107 Å². The standard InChI is InChI=1S/C12H22N6O3/c1-2-21-6-5-17-3-4-18(9-10(19)8-17)12(20)7-11-13-15-16-14-11/h10,19H,2-9H2,1H3,(H,13,14,15,16). The van der Waals surface area contributed by atoms with E-state index in [0.717, 1.165) is 13.1 Å². The molecule has 0 spiro atoms. The number of aliphatic hydroxyl groups is 1. The van der Waals surface area contributed by atoms with Crippen molar-refractivity contribution in [1.82, 2.24) is 30.4 Å². The van der Waals surface area contributed by atoms with Gasteiger partial charge in [-0.2, -0.15) is 5.21 Å². The highest BCUT2D eigenvalue weighted by atomic mass is 16.5. The third-order valence-corrected chi connectivity index (χ3v) is 3.39. The zero-order valence-corrected chi connectivity index (χ0v) is 12.2. The summed E-state index contributed by atoms with van der Waals surface area (Å²) < 4.78 is 5.33. The largest absolute Gasteiger partial charge is 0.390 e. The van der Waals surface area contributed by atoms with Crippen LogP contribution in [0.2, 0.25) is 0 Å². The van der Waals surface area contributed by atoms with Crippen LogP contribution in [0.3, 0.4) is 0 Å². The maximum absolute atomic E-state index is 12.2. The van der Waals surface area contributed by atoms with Crippen LogP contribution in [0.1, 0.15) is 12.7 Å². The van der Waals surface area contributed by atoms with Crippen LogP contribution in [0.25, 0.3) is 0 Å². The van der Waals surface area contributed by atoms with Crippen molar-refractivity contribution >= 4 is 5.91 Å². The molecule has 2 heterocycles. The molecule has 1 saturated heterocycles. The van der Waals surface area contributed by atoms with Crippen molar-refractivity contribution in [2.24, 2.45) is 0 Å². The first-order chi connectivity index (χ1) is 10.2. The number of aromatic amines is 1. The first kappa shape index (κ1) is 15.8. The average Bonchev–Trinajstić information content (AvgIpc) is 2.88. The van der Waals surface area contributed by atoms with Crippen molar-refractivity contribution in [3.63, 3.8) is 0 Å². The molecule has 0 saturated carbocycles. The minimum atomic E-state index is -0.552. The Morgan fingerprint density at radius 1 is 1.48 bits per heavy atom. The summed E-state index contributed by atoms with van der Waals surface area (Å²) in [6.45, 7) is 6.24. The Hall–Kier alpha value is -1.58. The second-order valence-electron chi connectivity index (χ2n) is 5.00. The third kappa shape index (κ3) is 5.03. The highest BCUT2D eigenvalue weighted by molar-refractivity contribution is 5.78. The number of amides is 1. The average molecular weight is 298 g/mol. The number of ether oxygens (including phenoxy) is 1. The molecular weight excluding hydrogens is 276 g/mol. The van der Waals surface area contributed by atoms with Crippen molar-refractivity contribution in [2.45, 2.75) is 19.4 Å². The van der Waals surface area contributed by atoms with Crippen LogP contribution in [-0.2, 0) is 16.0 Å². The predicted octanol–water partition coefficient (Wildman–Crippen LogP) is -1.72. The number of hydrogen-bond acceptors (Lipinski definition) is 7. The molecule has 0 aliphatic carbocycles. The van der Waals surface area contributed by atoms with Crippen LogP contribution in [-0.4, -0.2) is 93.5 Å². The third-order valence-electron chi connectivity index (χ3n) is 3.39. The quantitative estimate of drug-likeness (QED) is 0.602. The molecule has 1 aliphatic heterocycles. The van der Waals surface area contributed by atoms with Gasteiger partial charge in [0.2, 0.25) is 5.91 Å². The molecule has 21 heavy (non-hydrogen) atoms. The Kier molecular flexibility index (Phi) is 6.03. The molecule has 0 aromatic carbocycles. The molecule has 9 nitrogen and oxygen atoms in total. The molecule has 0 radical (unpaired) electrons. The number of aliphatic hydroxyl groups excluding tert-OH is 1. The van der Waals surface area contributed by atoms with E-state index in [-0.39, 0.29) is 12.3 Å². The number of nitrogens with zero attached hydrogens (tertiary/aromatic N) is 5. The molecule has 0 bridgehead atoms. The Morgan fingerprint density at radius 3 is 3.05 bits per heavy atom. The highest BCUT2D eigenvalue weighted by Crippen LogP contribution is 2.06. The molecule has 1 aromatic heterocycles. The van der Waals surface area contributed by atoms with Crippen molar-refractivity contribution in [3.8, 4) is 0 Å². The number of carbonyl (C=O) groups is 1. The second kappa shape index (κ2) is 8.01. The summed E-state index contributed by atoms with van der Waals surface area (Å²) in [5, 5.41) is 23.3. The van der Waals surface area contributed by atoms with E-state index in [1.165, 1.54) is 0 Å². The van der Waals surface area contributed by atoms with Crippen LogP contribution in [0.5, 0.6) is 0 Å². The van der Waals surface area contributed by atoms with E-state index in [1.54, 1.807) is 4.90 Å². The number of aromatic nitrogens is 4. The van der Waals surface area contributed by atoms with Gasteiger partial charge in [-0.1, -0.05) is 5.21 Å². The molecule has 118 valence electrons. The fourth-order valence-corrected chi connectivity index (χ4v) is 2.33. The molecule has 1 unspecified atom stereocenters. The SMILES string of the molecule is CCOCCN1CCN(C(=O)Cc2nn[nH]n2)CC(O)C1. The van der Waals surface area contributed by atoms with Gasteiger partial charge in [-0.25, -0.2) is 0 Å². The first-order valence-electron chi connectivity index (χ1n) is 7.17. The summed E-state index contributed by atoms with van der Waals surface area (Å²) in [5.41, 5.74) is 0. The fraction of sp³-hybridized carbons (Fsp3) is 0.833. The molecule has 2 N–H and O–H groups in total. The van der Waals surface area contributed by atoms with Gasteiger partial charge in [-0.15, -0.1) is 10.2 Å². The molecule has 1 fully saturated rings. The monoisotopic (exact) mass is 298 g/mol. The van der Waals surface area contributed by atoms with E-state index in [2.05, 4.69) is 25.5 Å². The van der Waals surface area contributed by atoms with Crippen LogP contribution in [0, 0.1) is 0 Å². The maximum atomic E-state index is 12.2. The maximum Gasteiger partial charge on any atom is 0.230 e. The number of rotatable bonds is 6. The lowest BCUT2D eigenvalue weighted by Gasteiger charge is -2.21. The molecule has 2 rings (SSSR count). The van der Waals surface area contributed by atoms with Crippen molar-refractivity contribution in [1.29, 1.82) is 0 Å². The zero-order chi connectivity index (χ0) is 15.1. The Morgan fingerprint density at radius 2 is 2.33 bits per heavy atom. The smallest absolute Gasteiger partial charge is 0.230 e. The van der Waals surface area contributed by atoms with E-state index in [9.17, 15) is 9.90 Å². The lowest BCUT2D eigenvalue weighted by Crippen LogP contribution is -2.38. The lowest BCUT2D eigenvalue weighted by atomic mass is 10.3. The van der Waals surface area contributed by atoms with E-state index in [1.807, 2.05) is 6.92 Å². The fourth-order valence-electron chi connectivity index (χ4n) is 2.33. The van der Waals surface area contributed by atoms with Gasteiger partial charge in [0.1, 0.15) is 0 Å². The van der Waals surface area contributed by atoms with Crippen LogP contribution >= 0.6 is 0 Å². The number of hydrogen-bond donors (Lipinski definition) is 2. The molecular formula is C12H22N6O3. The number of H-pyrrole nitrogens is 1. The minimum Gasteiger partial charge on any atom is -0.390 e. The number of β-amino-alcohol motifs (C(OH)–C–C–N with tert-alkyl or cyclic N) is 1. The minimum absolute atomic E-state index is 0.0953. The van der Waals surface area contributed by atoms with Gasteiger partial charge in [0, 0.05) is 39.3 Å². The molecule has 9 heteroatoms. The van der Waals surface area contributed by atoms with Gasteiger partial charge in [0.25, 0.3) is 0 Å². The predicted molar refractivity (Wildman–Crippen MR) is 73.4 cm³/mol. The Bertz CT molecular complexity index is 427. The summed E-state index contributed by atoms with van der Waals surface area (Å²) in [7, 11) is 0. The van der Waals surface area contributed by atoms with Gasteiger partial charge in [0.05, 0.1) is 19.1 Å². The number of carbonyl (C=O) groups excluding carboxylic acids is 1. The van der Waals surface area contributed by atoms with Crippen LogP contribution in [0.15, 0.2) is 0 Å². The summed E-state index contributed by atoms with van der Waals surface area (Å²) in [4.78, 5) is 15.9. The van der Waals surface area contributed by atoms with Crippen molar-refractivity contribution in [3.05, 3.63) is 5.82 Å². The van der Waals surface area contributed by atoms with E-state index >= 15 is 0 Å². The molecule has 1 amide bonds. The van der Waals surface area contributed by atoms with Gasteiger partial charge in [-0.3, -0.25) is 9.69 Å². The highest BCUT2D eigenvalue weighted by Gasteiger charge is 2.24. The van der Waals surface area contributed by atoms with Gasteiger partial charge in [-0.05, 0) is 6.92 Å². The van der Waals surface area contributed by atoms with Gasteiger partial charge >= 0.3 is 0 Å². The number of tetrazole rings is 1. The first-order valence-corrected chi connectivity index (χ1v) is 7.17. The summed E-state index contributed by atoms with van der Waals surface area (Å²) >= 11 is 0. The summed E-state index contributed by atoms with van der Waals surface area (Å²) in [6.07, 6.45) is -0.453. The van der Waals surface area contributed by atoms with Crippen molar-refractivity contribution in [2.75, 3.05) is 45.9 Å². The summed E-state index contributed by atoms with van der Waals surface area (Å²) in [5.74, 6) is 0.272. The van der Waals surface area contributed by atoms with Crippen molar-refractivity contribution < 1.29 is 14.6 Å². The number of nitrogens with one attached hydrogen (secondary N) is 1. The normalized spacial score (nSPS) is 20.5. The molecule has 1 aliphatic rings. The lowest BCUT2D eigenvalue weighted by molar-refractivity contribution is -0.131. The molecule has 1 aromatic rings. The van der Waals surface area contributed by atoms with E-state index in [4.69, 9.17) is 4.74 Å². The molecule has 1 atom stereocenters. The van der Waals surface area contributed by atoms with Gasteiger partial charge < -0.3 is 14.7 Å². The zero-order valence-electron chi connectivity index (χ0n) is 12.2. The van der Waals surface area contributed by atoms with Gasteiger partial charge in [0.15, 0.2) is 5.82 Å².